The van der Waals surface area contributed by atoms with Crippen LogP contribution in [0.5, 0.6) is 0 Å². The van der Waals surface area contributed by atoms with Gasteiger partial charge in [-0.05, 0) is 41.7 Å². The fraction of sp³-hybridized carbons (Fsp3) is 0.667. The van der Waals surface area contributed by atoms with Gasteiger partial charge in [-0.1, -0.05) is 6.92 Å². The molecule has 0 saturated heterocycles. The van der Waals surface area contributed by atoms with Crippen LogP contribution in [0.1, 0.15) is 25.5 Å². The third-order valence-electron chi connectivity index (χ3n) is 1.95. The molecule has 0 atom stereocenters. The molecule has 1 aromatic heterocycles. The highest BCUT2D eigenvalue weighted by atomic mass is 79.9. The number of aromatic nitrogens is 2. The molecular weight excluding hydrogens is 230 g/mol. The quantitative estimate of drug-likeness (QED) is 0.862. The average molecular weight is 246 g/mol. The molecule has 13 heavy (non-hydrogen) atoms. The molecule has 0 spiro atoms. The van der Waals surface area contributed by atoms with Gasteiger partial charge in [0.15, 0.2) is 0 Å². The number of hydrogen-bond donors (Lipinski definition) is 1. The van der Waals surface area contributed by atoms with Gasteiger partial charge in [-0.15, -0.1) is 0 Å². The fourth-order valence-corrected chi connectivity index (χ4v) is 1.80. The molecule has 2 N–H and O–H groups in total. The van der Waals surface area contributed by atoms with Crippen molar-refractivity contribution in [1.29, 1.82) is 0 Å². The van der Waals surface area contributed by atoms with Gasteiger partial charge < -0.3 is 5.73 Å². The molecular formula is C9H16BrN3. The summed E-state index contributed by atoms with van der Waals surface area (Å²) in [5.41, 5.74) is 6.74. The Morgan fingerprint density at radius 2 is 2.38 bits per heavy atom. The summed E-state index contributed by atoms with van der Waals surface area (Å²) in [6, 6.07) is 0. The van der Waals surface area contributed by atoms with Gasteiger partial charge in [0.1, 0.15) is 0 Å². The number of hydrogen-bond acceptors (Lipinski definition) is 2. The van der Waals surface area contributed by atoms with E-state index in [4.69, 9.17) is 5.73 Å². The second-order valence-electron chi connectivity index (χ2n) is 3.05. The van der Waals surface area contributed by atoms with Crippen LogP contribution in [0.2, 0.25) is 0 Å². The van der Waals surface area contributed by atoms with Gasteiger partial charge in [-0.3, -0.25) is 4.68 Å². The molecule has 0 aliphatic heterocycles. The zero-order chi connectivity index (χ0) is 9.68. The van der Waals surface area contributed by atoms with E-state index in [-0.39, 0.29) is 0 Å². The van der Waals surface area contributed by atoms with Gasteiger partial charge in [0.2, 0.25) is 0 Å². The number of aryl methyl sites for hydroxylation is 1. The van der Waals surface area contributed by atoms with Crippen molar-refractivity contribution in [2.24, 2.45) is 5.73 Å². The summed E-state index contributed by atoms with van der Waals surface area (Å²) in [5, 5.41) is 4.29. The minimum absolute atomic E-state index is 0.740. The minimum atomic E-state index is 0.740. The third kappa shape index (κ3) is 2.81. The highest BCUT2D eigenvalue weighted by Gasteiger charge is 2.06. The van der Waals surface area contributed by atoms with Gasteiger partial charge in [-0.2, -0.15) is 5.10 Å². The maximum absolute atomic E-state index is 5.47. The fourth-order valence-electron chi connectivity index (χ4n) is 1.31. The molecule has 0 unspecified atom stereocenters. The molecule has 1 heterocycles. The van der Waals surface area contributed by atoms with E-state index in [1.807, 2.05) is 6.20 Å². The first-order valence-corrected chi connectivity index (χ1v) is 5.49. The van der Waals surface area contributed by atoms with Crippen LogP contribution in [0, 0.1) is 0 Å². The van der Waals surface area contributed by atoms with Crippen molar-refractivity contribution >= 4 is 15.9 Å². The zero-order valence-corrected chi connectivity index (χ0v) is 9.55. The Morgan fingerprint density at radius 1 is 1.62 bits per heavy atom. The standard InChI is InChI=1S/C9H16BrN3/c1-2-6-13-9(4-3-5-11)8(10)7-12-13/h7H,2-6,11H2,1H3. The summed E-state index contributed by atoms with van der Waals surface area (Å²) in [6.07, 6.45) is 5.01. The molecule has 0 aliphatic rings. The molecule has 74 valence electrons. The number of rotatable bonds is 5. The van der Waals surface area contributed by atoms with E-state index in [1.165, 1.54) is 5.69 Å². The summed E-state index contributed by atoms with van der Waals surface area (Å²) in [4.78, 5) is 0. The normalized spacial score (nSPS) is 10.7. The summed E-state index contributed by atoms with van der Waals surface area (Å²) in [7, 11) is 0. The van der Waals surface area contributed by atoms with Crippen molar-refractivity contribution in [3.8, 4) is 0 Å². The molecule has 1 rings (SSSR count). The van der Waals surface area contributed by atoms with Crippen molar-refractivity contribution < 1.29 is 0 Å². The van der Waals surface area contributed by atoms with Crippen LogP contribution >= 0.6 is 15.9 Å². The summed E-state index contributed by atoms with van der Waals surface area (Å²) < 4.78 is 3.16. The van der Waals surface area contributed by atoms with Crippen molar-refractivity contribution in [2.75, 3.05) is 6.54 Å². The van der Waals surface area contributed by atoms with Gasteiger partial charge in [0, 0.05) is 6.54 Å². The van der Waals surface area contributed by atoms with E-state index >= 15 is 0 Å². The number of halogens is 1. The Hall–Kier alpha value is -0.350. The van der Waals surface area contributed by atoms with Crippen LogP contribution in [0.25, 0.3) is 0 Å². The van der Waals surface area contributed by atoms with E-state index in [1.54, 1.807) is 0 Å². The van der Waals surface area contributed by atoms with Crippen LogP contribution in [0.4, 0.5) is 0 Å². The number of nitrogens with two attached hydrogens (primary N) is 1. The molecule has 0 radical (unpaired) electrons. The smallest absolute Gasteiger partial charge is 0.0635 e. The molecule has 3 nitrogen and oxygen atoms in total. The Bertz CT molecular complexity index is 257. The average Bonchev–Trinajstić information content (AvgIpc) is 2.45. The Labute approximate surface area is 87.4 Å². The lowest BCUT2D eigenvalue weighted by Crippen LogP contribution is -2.07. The lowest BCUT2D eigenvalue weighted by molar-refractivity contribution is 0.567. The zero-order valence-electron chi connectivity index (χ0n) is 7.96. The lowest BCUT2D eigenvalue weighted by atomic mass is 10.2. The first-order valence-electron chi connectivity index (χ1n) is 4.69. The Balaban J connectivity index is 2.69. The SMILES string of the molecule is CCCn1ncc(Br)c1CCCN. The summed E-state index contributed by atoms with van der Waals surface area (Å²) in [5.74, 6) is 0. The van der Waals surface area contributed by atoms with Crippen LogP contribution in [-0.4, -0.2) is 16.3 Å². The first kappa shape index (κ1) is 10.7. The number of nitrogens with zero attached hydrogens (tertiary/aromatic N) is 2. The van der Waals surface area contributed by atoms with Gasteiger partial charge in [0.05, 0.1) is 16.4 Å². The summed E-state index contributed by atoms with van der Waals surface area (Å²) >= 11 is 3.49. The highest BCUT2D eigenvalue weighted by molar-refractivity contribution is 9.10. The second-order valence-corrected chi connectivity index (χ2v) is 3.91. The van der Waals surface area contributed by atoms with Crippen LogP contribution in [0.15, 0.2) is 10.7 Å². The molecule has 0 fully saturated rings. The maximum atomic E-state index is 5.47. The molecule has 1 aromatic rings. The topological polar surface area (TPSA) is 43.8 Å². The van der Waals surface area contributed by atoms with Gasteiger partial charge in [0.25, 0.3) is 0 Å². The minimum Gasteiger partial charge on any atom is -0.330 e. The Kier molecular flexibility index (Phi) is 4.45. The maximum Gasteiger partial charge on any atom is 0.0635 e. The van der Waals surface area contributed by atoms with Gasteiger partial charge >= 0.3 is 0 Å². The van der Waals surface area contributed by atoms with Crippen molar-refractivity contribution in [3.63, 3.8) is 0 Å². The van der Waals surface area contributed by atoms with E-state index in [2.05, 4.69) is 32.6 Å². The molecule has 0 amide bonds. The van der Waals surface area contributed by atoms with Crippen LogP contribution in [-0.2, 0) is 13.0 Å². The summed E-state index contributed by atoms with van der Waals surface area (Å²) in [6.45, 7) is 3.89. The van der Waals surface area contributed by atoms with Gasteiger partial charge in [-0.25, -0.2) is 0 Å². The molecule has 0 aromatic carbocycles. The third-order valence-corrected chi connectivity index (χ3v) is 2.61. The molecule has 4 heteroatoms. The lowest BCUT2D eigenvalue weighted by Gasteiger charge is -2.05. The molecule has 0 bridgehead atoms. The van der Waals surface area contributed by atoms with E-state index in [9.17, 15) is 0 Å². The molecule has 0 saturated carbocycles. The van der Waals surface area contributed by atoms with E-state index < -0.39 is 0 Å². The van der Waals surface area contributed by atoms with Crippen LogP contribution in [0.3, 0.4) is 0 Å². The first-order chi connectivity index (χ1) is 6.29. The monoisotopic (exact) mass is 245 g/mol. The predicted molar refractivity (Wildman–Crippen MR) is 57.6 cm³/mol. The van der Waals surface area contributed by atoms with Crippen molar-refractivity contribution in [1.82, 2.24) is 9.78 Å². The van der Waals surface area contributed by atoms with E-state index in [0.29, 0.717) is 0 Å². The van der Waals surface area contributed by atoms with Crippen molar-refractivity contribution in [2.45, 2.75) is 32.7 Å². The van der Waals surface area contributed by atoms with Crippen molar-refractivity contribution in [3.05, 3.63) is 16.4 Å². The predicted octanol–water partition coefficient (Wildman–Crippen LogP) is 1.95. The second kappa shape index (κ2) is 5.40. The Morgan fingerprint density at radius 3 is 3.00 bits per heavy atom. The van der Waals surface area contributed by atoms with Crippen LogP contribution < -0.4 is 5.73 Å². The van der Waals surface area contributed by atoms with E-state index in [0.717, 1.165) is 36.8 Å². The molecule has 0 aliphatic carbocycles. The highest BCUT2D eigenvalue weighted by Crippen LogP contribution is 2.17. The largest absolute Gasteiger partial charge is 0.330 e.